The monoisotopic (exact) mass is 236 g/mol. The molecule has 2 heterocycles. The van der Waals surface area contributed by atoms with Gasteiger partial charge in [-0.2, -0.15) is 0 Å². The predicted octanol–water partition coefficient (Wildman–Crippen LogP) is 0.577. The van der Waals surface area contributed by atoms with Gasteiger partial charge in [-0.25, -0.2) is 15.8 Å². The van der Waals surface area contributed by atoms with E-state index in [0.717, 1.165) is 17.9 Å². The molecule has 0 radical (unpaired) electrons. The number of aromatic nitrogens is 2. The molecule has 17 heavy (non-hydrogen) atoms. The van der Waals surface area contributed by atoms with Crippen molar-refractivity contribution in [3.63, 3.8) is 0 Å². The SMILES string of the molecule is Cc1c(NN)ncnc1NC1CCCN(C)C1. The van der Waals surface area contributed by atoms with Crippen molar-refractivity contribution < 1.29 is 0 Å². The molecule has 1 unspecified atom stereocenters. The first-order valence-corrected chi connectivity index (χ1v) is 5.94. The second-order valence-electron chi connectivity index (χ2n) is 4.59. The average molecular weight is 236 g/mol. The molecule has 1 fully saturated rings. The molecule has 4 N–H and O–H groups in total. The molecule has 1 atom stereocenters. The minimum Gasteiger partial charge on any atom is -0.366 e. The second-order valence-corrected chi connectivity index (χ2v) is 4.59. The molecule has 0 amide bonds. The maximum Gasteiger partial charge on any atom is 0.148 e. The third kappa shape index (κ3) is 2.83. The largest absolute Gasteiger partial charge is 0.366 e. The van der Waals surface area contributed by atoms with E-state index in [9.17, 15) is 0 Å². The van der Waals surface area contributed by atoms with Crippen LogP contribution in [0.25, 0.3) is 0 Å². The van der Waals surface area contributed by atoms with E-state index in [1.54, 1.807) is 0 Å². The summed E-state index contributed by atoms with van der Waals surface area (Å²) in [5.41, 5.74) is 3.54. The summed E-state index contributed by atoms with van der Waals surface area (Å²) in [6.45, 7) is 4.19. The van der Waals surface area contributed by atoms with Crippen LogP contribution in [0.2, 0.25) is 0 Å². The lowest BCUT2D eigenvalue weighted by atomic mass is 10.1. The summed E-state index contributed by atoms with van der Waals surface area (Å²) in [6.07, 6.45) is 3.93. The Morgan fingerprint density at radius 2 is 2.18 bits per heavy atom. The van der Waals surface area contributed by atoms with Gasteiger partial charge in [-0.15, -0.1) is 0 Å². The standard InChI is InChI=1S/C11H20N6/c1-8-10(13-7-14-11(8)16-12)15-9-4-3-5-17(2)6-9/h7,9H,3-6,12H2,1-2H3,(H2,13,14,15,16). The average Bonchev–Trinajstić information content (AvgIpc) is 2.32. The van der Waals surface area contributed by atoms with E-state index in [4.69, 9.17) is 5.84 Å². The van der Waals surface area contributed by atoms with Crippen molar-refractivity contribution in [2.45, 2.75) is 25.8 Å². The minimum atomic E-state index is 0.452. The molecule has 1 aromatic rings. The van der Waals surface area contributed by atoms with E-state index in [0.29, 0.717) is 11.9 Å². The van der Waals surface area contributed by atoms with Crippen molar-refractivity contribution in [2.24, 2.45) is 5.84 Å². The quantitative estimate of drug-likeness (QED) is 0.526. The van der Waals surface area contributed by atoms with Crippen LogP contribution in [0.3, 0.4) is 0 Å². The normalized spacial score (nSPS) is 21.2. The highest BCUT2D eigenvalue weighted by molar-refractivity contribution is 5.56. The Labute approximate surface area is 102 Å². The lowest BCUT2D eigenvalue weighted by Gasteiger charge is -2.30. The molecule has 1 aromatic heterocycles. The van der Waals surface area contributed by atoms with Gasteiger partial charge < -0.3 is 15.6 Å². The third-order valence-electron chi connectivity index (χ3n) is 3.19. The zero-order valence-corrected chi connectivity index (χ0v) is 10.4. The number of rotatable bonds is 3. The first kappa shape index (κ1) is 12.1. The molecule has 6 nitrogen and oxygen atoms in total. The van der Waals surface area contributed by atoms with Crippen LogP contribution in [0.5, 0.6) is 0 Å². The van der Waals surface area contributed by atoms with Gasteiger partial charge in [-0.1, -0.05) is 0 Å². The summed E-state index contributed by atoms with van der Waals surface area (Å²) in [6, 6.07) is 0.452. The van der Waals surface area contributed by atoms with Gasteiger partial charge in [0.15, 0.2) is 0 Å². The zero-order chi connectivity index (χ0) is 12.3. The number of hydrazine groups is 1. The van der Waals surface area contributed by atoms with Crippen molar-refractivity contribution in [2.75, 3.05) is 30.9 Å². The van der Waals surface area contributed by atoms with E-state index in [1.807, 2.05) is 6.92 Å². The second kappa shape index (κ2) is 5.29. The van der Waals surface area contributed by atoms with E-state index in [2.05, 4.69) is 32.7 Å². The molecule has 1 aliphatic heterocycles. The Bertz CT molecular complexity index is 380. The van der Waals surface area contributed by atoms with E-state index < -0.39 is 0 Å². The van der Waals surface area contributed by atoms with Gasteiger partial charge in [0.25, 0.3) is 0 Å². The summed E-state index contributed by atoms with van der Waals surface area (Å²) < 4.78 is 0. The fraction of sp³-hybridized carbons (Fsp3) is 0.636. The van der Waals surface area contributed by atoms with Crippen LogP contribution in [-0.4, -0.2) is 41.0 Å². The first-order valence-electron chi connectivity index (χ1n) is 5.94. The number of piperidine rings is 1. The van der Waals surface area contributed by atoms with Gasteiger partial charge in [-0.05, 0) is 33.4 Å². The summed E-state index contributed by atoms with van der Waals surface area (Å²) in [5, 5.41) is 3.47. The Morgan fingerprint density at radius 3 is 2.88 bits per heavy atom. The summed E-state index contributed by atoms with van der Waals surface area (Å²) >= 11 is 0. The van der Waals surface area contributed by atoms with E-state index in [1.165, 1.54) is 25.7 Å². The third-order valence-corrected chi connectivity index (χ3v) is 3.19. The van der Waals surface area contributed by atoms with Crippen LogP contribution in [0.15, 0.2) is 6.33 Å². The zero-order valence-electron chi connectivity index (χ0n) is 10.4. The van der Waals surface area contributed by atoms with Gasteiger partial charge in [0.2, 0.25) is 0 Å². The Balaban J connectivity index is 2.07. The molecule has 0 saturated carbocycles. The topological polar surface area (TPSA) is 79.1 Å². The Morgan fingerprint density at radius 1 is 1.41 bits per heavy atom. The number of likely N-dealkylation sites (N-methyl/N-ethyl adjacent to an activating group) is 1. The number of nitrogen functional groups attached to an aromatic ring is 1. The molecule has 0 spiro atoms. The van der Waals surface area contributed by atoms with Crippen LogP contribution in [-0.2, 0) is 0 Å². The van der Waals surface area contributed by atoms with Crippen molar-refractivity contribution >= 4 is 11.6 Å². The summed E-state index contributed by atoms with van der Waals surface area (Å²) in [5.74, 6) is 6.94. The molecule has 94 valence electrons. The molecule has 1 aliphatic rings. The van der Waals surface area contributed by atoms with Gasteiger partial charge in [0.1, 0.15) is 18.0 Å². The van der Waals surface area contributed by atoms with Gasteiger partial charge in [-0.3, -0.25) is 0 Å². The number of nitrogens with zero attached hydrogens (tertiary/aromatic N) is 3. The molecule has 2 rings (SSSR count). The van der Waals surface area contributed by atoms with Crippen LogP contribution in [0, 0.1) is 6.92 Å². The molecule has 1 saturated heterocycles. The van der Waals surface area contributed by atoms with Gasteiger partial charge in [0.05, 0.1) is 0 Å². The van der Waals surface area contributed by atoms with E-state index >= 15 is 0 Å². The maximum atomic E-state index is 5.40. The highest BCUT2D eigenvalue weighted by atomic mass is 15.3. The molecular weight excluding hydrogens is 216 g/mol. The first-order chi connectivity index (χ1) is 8.20. The molecule has 6 heteroatoms. The fourth-order valence-corrected chi connectivity index (χ4v) is 2.22. The predicted molar refractivity (Wildman–Crippen MR) is 68.7 cm³/mol. The minimum absolute atomic E-state index is 0.452. The number of hydrogen-bond acceptors (Lipinski definition) is 6. The fourth-order valence-electron chi connectivity index (χ4n) is 2.22. The van der Waals surface area contributed by atoms with Crippen LogP contribution in [0.1, 0.15) is 18.4 Å². The van der Waals surface area contributed by atoms with Crippen LogP contribution < -0.4 is 16.6 Å². The summed E-state index contributed by atoms with van der Waals surface area (Å²) in [4.78, 5) is 10.7. The van der Waals surface area contributed by atoms with Crippen molar-refractivity contribution in [3.8, 4) is 0 Å². The molecule has 0 aliphatic carbocycles. The van der Waals surface area contributed by atoms with Crippen molar-refractivity contribution in [1.29, 1.82) is 0 Å². The lowest BCUT2D eigenvalue weighted by molar-refractivity contribution is 0.260. The highest BCUT2D eigenvalue weighted by Gasteiger charge is 2.18. The molecule has 0 aromatic carbocycles. The maximum absolute atomic E-state index is 5.40. The smallest absolute Gasteiger partial charge is 0.148 e. The molecule has 0 bridgehead atoms. The van der Waals surface area contributed by atoms with Crippen LogP contribution >= 0.6 is 0 Å². The summed E-state index contributed by atoms with van der Waals surface area (Å²) in [7, 11) is 2.15. The lowest BCUT2D eigenvalue weighted by Crippen LogP contribution is -2.40. The highest BCUT2D eigenvalue weighted by Crippen LogP contribution is 2.20. The van der Waals surface area contributed by atoms with Crippen molar-refractivity contribution in [1.82, 2.24) is 14.9 Å². The number of nitrogens with one attached hydrogen (secondary N) is 2. The number of anilines is 2. The van der Waals surface area contributed by atoms with Crippen LogP contribution in [0.4, 0.5) is 11.6 Å². The number of likely N-dealkylation sites (tertiary alicyclic amines) is 1. The van der Waals surface area contributed by atoms with Gasteiger partial charge >= 0.3 is 0 Å². The number of hydrogen-bond donors (Lipinski definition) is 3. The molecular formula is C11H20N6. The van der Waals surface area contributed by atoms with Gasteiger partial charge in [0, 0.05) is 18.2 Å². The Hall–Kier alpha value is -1.40. The van der Waals surface area contributed by atoms with Crippen molar-refractivity contribution in [3.05, 3.63) is 11.9 Å². The Kier molecular flexibility index (Phi) is 3.75. The van der Waals surface area contributed by atoms with E-state index in [-0.39, 0.29) is 0 Å². The number of nitrogens with two attached hydrogens (primary N) is 1.